The van der Waals surface area contributed by atoms with Gasteiger partial charge in [-0.15, -0.1) is 11.3 Å². The number of nitrogens with zero attached hydrogens (tertiary/aromatic N) is 1. The average molecular weight is 256 g/mol. The van der Waals surface area contributed by atoms with Gasteiger partial charge in [0.2, 0.25) is 0 Å². The molecule has 2 atom stereocenters. The van der Waals surface area contributed by atoms with E-state index in [1.54, 1.807) is 11.3 Å². The molecule has 1 aromatic rings. The van der Waals surface area contributed by atoms with E-state index in [9.17, 15) is 4.79 Å². The lowest BCUT2D eigenvalue weighted by atomic mass is 10.0. The van der Waals surface area contributed by atoms with Crippen LogP contribution in [-0.2, 0) is 11.3 Å². The maximum absolute atomic E-state index is 11.5. The molecule has 86 valence electrons. The van der Waals surface area contributed by atoms with Gasteiger partial charge in [-0.25, -0.2) is 0 Å². The highest BCUT2D eigenvalue weighted by atomic mass is 35.5. The van der Waals surface area contributed by atoms with Gasteiger partial charge in [-0.3, -0.25) is 9.69 Å². The van der Waals surface area contributed by atoms with Gasteiger partial charge in [0.1, 0.15) is 5.78 Å². The van der Waals surface area contributed by atoms with E-state index in [-0.39, 0.29) is 0 Å². The van der Waals surface area contributed by atoms with Crippen molar-refractivity contribution >= 4 is 28.7 Å². The molecule has 16 heavy (non-hydrogen) atoms. The van der Waals surface area contributed by atoms with Crippen LogP contribution in [0.1, 0.15) is 30.6 Å². The minimum Gasteiger partial charge on any atom is -0.300 e. The number of piperidine rings is 1. The van der Waals surface area contributed by atoms with Crippen LogP contribution < -0.4 is 0 Å². The number of Topliss-reactive ketones (excluding diaryl/α,β-unsaturated/α-hetero) is 1. The highest BCUT2D eigenvalue weighted by molar-refractivity contribution is 7.16. The molecule has 0 aromatic carbocycles. The first kappa shape index (κ1) is 10.8. The van der Waals surface area contributed by atoms with Gasteiger partial charge in [0.05, 0.1) is 4.34 Å². The number of fused-ring (bicyclic) bond motifs is 2. The van der Waals surface area contributed by atoms with Crippen molar-refractivity contribution in [2.75, 3.05) is 0 Å². The first-order chi connectivity index (χ1) is 7.72. The second-order valence-corrected chi connectivity index (χ2v) is 6.51. The minimum absolute atomic E-state index is 0.452. The summed E-state index contributed by atoms with van der Waals surface area (Å²) in [7, 11) is 0. The van der Waals surface area contributed by atoms with Gasteiger partial charge in [0.15, 0.2) is 0 Å². The Balaban J connectivity index is 1.74. The van der Waals surface area contributed by atoms with Crippen molar-refractivity contribution in [2.45, 2.75) is 44.3 Å². The van der Waals surface area contributed by atoms with Crippen LogP contribution in [-0.4, -0.2) is 22.8 Å². The predicted molar refractivity (Wildman–Crippen MR) is 65.9 cm³/mol. The molecule has 4 heteroatoms. The van der Waals surface area contributed by atoms with Crippen molar-refractivity contribution in [1.82, 2.24) is 4.90 Å². The van der Waals surface area contributed by atoms with E-state index in [2.05, 4.69) is 11.0 Å². The van der Waals surface area contributed by atoms with Crippen molar-refractivity contribution < 1.29 is 4.79 Å². The van der Waals surface area contributed by atoms with Crippen LogP contribution in [0, 0.1) is 0 Å². The maximum atomic E-state index is 11.5. The standard InChI is InChI=1S/C12H14ClNOS/c13-12-4-3-11(16-12)7-14-8-1-2-9(14)6-10(15)5-8/h3-4,8-9H,1-2,5-7H2/t8-,9+. The first-order valence-corrected chi connectivity index (χ1v) is 6.93. The molecule has 2 aliphatic rings. The summed E-state index contributed by atoms with van der Waals surface area (Å²) in [6.45, 7) is 0.972. The maximum Gasteiger partial charge on any atom is 0.136 e. The van der Waals surface area contributed by atoms with Crippen LogP contribution in [0.25, 0.3) is 0 Å². The normalized spacial score (nSPS) is 29.9. The monoisotopic (exact) mass is 255 g/mol. The highest BCUT2D eigenvalue weighted by Gasteiger charge is 2.39. The summed E-state index contributed by atoms with van der Waals surface area (Å²) >= 11 is 7.59. The zero-order chi connectivity index (χ0) is 11.1. The number of rotatable bonds is 2. The summed E-state index contributed by atoms with van der Waals surface area (Å²) in [4.78, 5) is 15.3. The fourth-order valence-corrected chi connectivity index (χ4v) is 4.03. The van der Waals surface area contributed by atoms with Crippen molar-refractivity contribution in [3.63, 3.8) is 0 Å². The smallest absolute Gasteiger partial charge is 0.136 e. The van der Waals surface area contributed by atoms with E-state index in [1.165, 1.54) is 17.7 Å². The summed E-state index contributed by atoms with van der Waals surface area (Å²) in [6, 6.07) is 5.04. The third-order valence-corrected chi connectivity index (χ3v) is 4.88. The molecular formula is C12H14ClNOS. The van der Waals surface area contributed by atoms with Crippen LogP contribution in [0.3, 0.4) is 0 Å². The van der Waals surface area contributed by atoms with E-state index >= 15 is 0 Å². The molecule has 3 heterocycles. The van der Waals surface area contributed by atoms with E-state index in [1.807, 2.05) is 6.07 Å². The largest absolute Gasteiger partial charge is 0.300 e. The summed E-state index contributed by atoms with van der Waals surface area (Å²) in [6.07, 6.45) is 3.90. The van der Waals surface area contributed by atoms with Crippen LogP contribution in [0.5, 0.6) is 0 Å². The van der Waals surface area contributed by atoms with Gasteiger partial charge >= 0.3 is 0 Å². The number of hydrogen-bond donors (Lipinski definition) is 0. The van der Waals surface area contributed by atoms with E-state index in [0.717, 1.165) is 23.7 Å². The van der Waals surface area contributed by atoms with Gasteiger partial charge in [0.25, 0.3) is 0 Å². The Morgan fingerprint density at radius 2 is 2.00 bits per heavy atom. The Bertz CT molecular complexity index is 401. The van der Waals surface area contributed by atoms with Gasteiger partial charge < -0.3 is 0 Å². The Morgan fingerprint density at radius 1 is 1.31 bits per heavy atom. The molecule has 0 N–H and O–H groups in total. The molecule has 1 aromatic heterocycles. The van der Waals surface area contributed by atoms with Crippen molar-refractivity contribution in [3.05, 3.63) is 21.3 Å². The zero-order valence-electron chi connectivity index (χ0n) is 8.99. The second-order valence-electron chi connectivity index (χ2n) is 4.71. The number of thiophene rings is 1. The Kier molecular flexibility index (Phi) is 2.78. The minimum atomic E-state index is 0.452. The lowest BCUT2D eigenvalue weighted by molar-refractivity contribution is -0.123. The zero-order valence-corrected chi connectivity index (χ0v) is 10.6. The molecule has 2 nitrogen and oxygen atoms in total. The third kappa shape index (κ3) is 1.92. The number of ketones is 1. The van der Waals surface area contributed by atoms with Gasteiger partial charge in [-0.2, -0.15) is 0 Å². The molecule has 0 unspecified atom stereocenters. The van der Waals surface area contributed by atoms with E-state index in [0.29, 0.717) is 17.9 Å². The summed E-state index contributed by atoms with van der Waals surface area (Å²) < 4.78 is 0.857. The molecular weight excluding hydrogens is 242 g/mol. The lowest BCUT2D eigenvalue weighted by Crippen LogP contribution is -2.42. The molecule has 3 rings (SSSR count). The molecule has 2 fully saturated rings. The molecule has 2 saturated heterocycles. The SMILES string of the molecule is O=C1C[C@H]2CC[C@@H](C1)N2Cc1ccc(Cl)s1. The van der Waals surface area contributed by atoms with Gasteiger partial charge in [0, 0.05) is 36.3 Å². The van der Waals surface area contributed by atoms with Crippen molar-refractivity contribution in [2.24, 2.45) is 0 Å². The van der Waals surface area contributed by atoms with Crippen LogP contribution >= 0.6 is 22.9 Å². The lowest BCUT2D eigenvalue weighted by Gasteiger charge is -2.33. The molecule has 0 spiro atoms. The Morgan fingerprint density at radius 3 is 2.56 bits per heavy atom. The topological polar surface area (TPSA) is 20.3 Å². The van der Waals surface area contributed by atoms with Crippen LogP contribution in [0.4, 0.5) is 0 Å². The predicted octanol–water partition coefficient (Wildman–Crippen LogP) is 3.10. The van der Waals surface area contributed by atoms with E-state index < -0.39 is 0 Å². The molecule has 0 saturated carbocycles. The number of carbonyl (C=O) groups excluding carboxylic acids is 1. The average Bonchev–Trinajstić information content (AvgIpc) is 2.72. The highest BCUT2D eigenvalue weighted by Crippen LogP contribution is 2.36. The number of carbonyl (C=O) groups is 1. The summed E-state index contributed by atoms with van der Waals surface area (Å²) in [5, 5.41) is 0. The summed E-state index contributed by atoms with van der Waals surface area (Å²) in [5.41, 5.74) is 0. The fraction of sp³-hybridized carbons (Fsp3) is 0.583. The summed E-state index contributed by atoms with van der Waals surface area (Å²) in [5.74, 6) is 0.452. The van der Waals surface area contributed by atoms with Gasteiger partial charge in [-0.05, 0) is 25.0 Å². The Hall–Kier alpha value is -0.380. The molecule has 0 aliphatic carbocycles. The molecule has 2 aliphatic heterocycles. The van der Waals surface area contributed by atoms with Crippen LogP contribution in [0.2, 0.25) is 4.34 Å². The Labute approximate surface area is 104 Å². The van der Waals surface area contributed by atoms with Crippen LogP contribution in [0.15, 0.2) is 12.1 Å². The molecule has 2 bridgehead atoms. The number of hydrogen-bond acceptors (Lipinski definition) is 3. The second kappa shape index (κ2) is 4.13. The number of halogens is 1. The molecule has 0 radical (unpaired) electrons. The van der Waals surface area contributed by atoms with E-state index in [4.69, 9.17) is 11.6 Å². The van der Waals surface area contributed by atoms with Gasteiger partial charge in [-0.1, -0.05) is 11.6 Å². The van der Waals surface area contributed by atoms with Crippen molar-refractivity contribution in [1.29, 1.82) is 0 Å². The third-order valence-electron chi connectivity index (χ3n) is 3.67. The quantitative estimate of drug-likeness (QED) is 0.810. The fourth-order valence-electron chi connectivity index (χ4n) is 2.94. The first-order valence-electron chi connectivity index (χ1n) is 5.74. The molecule has 0 amide bonds. The van der Waals surface area contributed by atoms with Crippen molar-refractivity contribution in [3.8, 4) is 0 Å².